The average Bonchev–Trinajstić information content (AvgIpc) is 3.09. The lowest BCUT2D eigenvalue weighted by Crippen LogP contribution is -2.37. The number of aromatic nitrogens is 3. The number of para-hydroxylation sites is 1. The quantitative estimate of drug-likeness (QED) is 0.174. The lowest BCUT2D eigenvalue weighted by molar-refractivity contribution is -0.122. The first-order chi connectivity index (χ1) is 22.6. The number of anilines is 2. The molecule has 0 spiro atoms. The van der Waals surface area contributed by atoms with Crippen LogP contribution in [0.1, 0.15) is 27.3 Å². The van der Waals surface area contributed by atoms with Crippen LogP contribution in [0.5, 0.6) is 5.75 Å². The smallest absolute Gasteiger partial charge is 0.276 e. The van der Waals surface area contributed by atoms with E-state index in [9.17, 15) is 14.4 Å². The first kappa shape index (κ1) is 33.1. The highest BCUT2D eigenvalue weighted by Crippen LogP contribution is 2.35. The summed E-state index contributed by atoms with van der Waals surface area (Å²) in [5, 5.41) is 4.15. The van der Waals surface area contributed by atoms with Gasteiger partial charge < -0.3 is 19.9 Å². The number of nitrogens with zero attached hydrogens (tertiary/aromatic N) is 5. The molecule has 12 heteroatoms. The van der Waals surface area contributed by atoms with Crippen LogP contribution in [0.4, 0.5) is 11.4 Å². The largest absolute Gasteiger partial charge is 0.487 e. The second kappa shape index (κ2) is 14.8. The molecule has 3 amide bonds. The van der Waals surface area contributed by atoms with E-state index in [1.165, 1.54) is 28.1 Å². The highest BCUT2D eigenvalue weighted by atomic mass is 35.5. The zero-order valence-electron chi connectivity index (χ0n) is 25.8. The topological polar surface area (TPSA) is 118 Å². The number of hydrogen-bond donors (Lipinski definition) is 1. The Balaban J connectivity index is 1.17. The first-order valence-corrected chi connectivity index (χ1v) is 15.2. The third-order valence-electron chi connectivity index (χ3n) is 7.28. The number of hydrogen-bond acceptors (Lipinski definition) is 7. The van der Waals surface area contributed by atoms with Gasteiger partial charge in [-0.25, -0.2) is 4.98 Å². The normalized spacial score (nSPS) is 11.0. The zero-order valence-corrected chi connectivity index (χ0v) is 27.3. The fourth-order valence-electron chi connectivity index (χ4n) is 4.58. The van der Waals surface area contributed by atoms with Gasteiger partial charge in [-0.1, -0.05) is 47.5 Å². The predicted octanol–water partition coefficient (Wildman–Crippen LogP) is 6.29. The van der Waals surface area contributed by atoms with E-state index < -0.39 is 11.8 Å². The maximum absolute atomic E-state index is 13.0. The van der Waals surface area contributed by atoms with E-state index in [2.05, 4.69) is 20.3 Å². The van der Waals surface area contributed by atoms with Gasteiger partial charge in [0.15, 0.2) is 0 Å². The van der Waals surface area contributed by atoms with E-state index in [1.807, 2.05) is 37.3 Å². The molecule has 0 saturated heterocycles. The van der Waals surface area contributed by atoms with Crippen LogP contribution in [0.2, 0.25) is 10.0 Å². The van der Waals surface area contributed by atoms with Crippen molar-refractivity contribution in [3.8, 4) is 5.75 Å². The summed E-state index contributed by atoms with van der Waals surface area (Å²) in [5.41, 5.74) is 3.97. The number of rotatable bonds is 10. The molecule has 238 valence electrons. The summed E-state index contributed by atoms with van der Waals surface area (Å²) in [5.74, 6) is -0.610. The Morgan fingerprint density at radius 2 is 1.77 bits per heavy atom. The van der Waals surface area contributed by atoms with Crippen molar-refractivity contribution in [1.29, 1.82) is 0 Å². The fourth-order valence-corrected chi connectivity index (χ4v) is 5.19. The third-order valence-corrected chi connectivity index (χ3v) is 8.06. The third kappa shape index (κ3) is 7.92. The molecular formula is C35H30Cl2N6O4. The second-order valence-corrected chi connectivity index (χ2v) is 11.3. The van der Waals surface area contributed by atoms with Crippen molar-refractivity contribution >= 4 is 69.3 Å². The zero-order chi connectivity index (χ0) is 33.5. The van der Waals surface area contributed by atoms with Crippen molar-refractivity contribution in [1.82, 2.24) is 20.3 Å². The standard InChI is InChI=1S/C35H30Cl2N6O4/c1-22-9-12-24-6-4-8-30(34(24)41-22)47-21-26-27(36)13-15-29(33(26)37)43(3)32(45)20-40-31(44)16-11-23-10-14-28(39-18-23)35(46)42(2)25-7-5-17-38-19-25/h4-19H,20-21H2,1-3H3,(H,40,44). The van der Waals surface area contributed by atoms with Crippen molar-refractivity contribution < 1.29 is 19.1 Å². The van der Waals surface area contributed by atoms with E-state index in [-0.39, 0.29) is 29.8 Å². The van der Waals surface area contributed by atoms with E-state index >= 15 is 0 Å². The molecule has 47 heavy (non-hydrogen) atoms. The van der Waals surface area contributed by atoms with Crippen LogP contribution in [-0.2, 0) is 16.2 Å². The maximum Gasteiger partial charge on any atom is 0.276 e. The number of carbonyl (C=O) groups excluding carboxylic acids is 3. The van der Waals surface area contributed by atoms with Gasteiger partial charge in [-0.2, -0.15) is 0 Å². The molecule has 0 saturated carbocycles. The number of likely N-dealkylation sites (N-methyl/N-ethyl adjacent to an activating group) is 1. The van der Waals surface area contributed by atoms with Crippen molar-refractivity contribution in [3.63, 3.8) is 0 Å². The van der Waals surface area contributed by atoms with Gasteiger partial charge in [-0.05, 0) is 61.0 Å². The maximum atomic E-state index is 13.0. The van der Waals surface area contributed by atoms with Gasteiger partial charge >= 0.3 is 0 Å². The molecular weight excluding hydrogens is 639 g/mol. The van der Waals surface area contributed by atoms with E-state index in [0.29, 0.717) is 33.3 Å². The molecule has 0 bridgehead atoms. The van der Waals surface area contributed by atoms with Crippen LogP contribution in [0.3, 0.4) is 0 Å². The van der Waals surface area contributed by atoms with Gasteiger partial charge in [0, 0.05) is 54.2 Å². The van der Waals surface area contributed by atoms with E-state index in [1.54, 1.807) is 62.9 Å². The SMILES string of the molecule is Cc1ccc2cccc(OCc3c(Cl)ccc(N(C)C(=O)CNC(=O)C=Cc4ccc(C(=O)N(C)c5cccnc5)nc4)c3Cl)c2n1. The summed E-state index contributed by atoms with van der Waals surface area (Å²) in [6.45, 7) is 1.68. The number of amides is 3. The van der Waals surface area contributed by atoms with Gasteiger partial charge in [0.25, 0.3) is 5.91 Å². The Labute approximate surface area is 281 Å². The van der Waals surface area contributed by atoms with Gasteiger partial charge in [-0.3, -0.25) is 24.4 Å². The number of benzene rings is 2. The molecule has 0 aliphatic carbocycles. The minimum atomic E-state index is -0.488. The summed E-state index contributed by atoms with van der Waals surface area (Å²) in [4.78, 5) is 53.8. The van der Waals surface area contributed by atoms with Crippen LogP contribution >= 0.6 is 23.2 Å². The monoisotopic (exact) mass is 668 g/mol. The van der Waals surface area contributed by atoms with E-state index in [4.69, 9.17) is 27.9 Å². The minimum Gasteiger partial charge on any atom is -0.487 e. The number of fused-ring (bicyclic) bond motifs is 1. The Hall–Kier alpha value is -5.32. The molecule has 3 aromatic heterocycles. The van der Waals surface area contributed by atoms with Crippen LogP contribution in [0.15, 0.2) is 91.4 Å². The molecule has 0 fully saturated rings. The lowest BCUT2D eigenvalue weighted by Gasteiger charge is -2.21. The van der Waals surface area contributed by atoms with Crippen LogP contribution < -0.4 is 19.9 Å². The molecule has 3 heterocycles. The molecule has 5 aromatic rings. The molecule has 10 nitrogen and oxygen atoms in total. The van der Waals surface area contributed by atoms with Crippen LogP contribution in [-0.4, -0.2) is 53.3 Å². The molecule has 0 aliphatic heterocycles. The summed E-state index contributed by atoms with van der Waals surface area (Å²) in [7, 11) is 3.19. The van der Waals surface area contributed by atoms with Gasteiger partial charge in [-0.15, -0.1) is 0 Å². The van der Waals surface area contributed by atoms with Crippen LogP contribution in [0, 0.1) is 6.92 Å². The number of pyridine rings is 3. The molecule has 5 rings (SSSR count). The van der Waals surface area contributed by atoms with Crippen molar-refractivity contribution in [2.75, 3.05) is 30.4 Å². The summed E-state index contributed by atoms with van der Waals surface area (Å²) < 4.78 is 6.08. The number of aryl methyl sites for hydroxylation is 1. The van der Waals surface area contributed by atoms with Crippen molar-refractivity contribution in [3.05, 3.63) is 124 Å². The minimum absolute atomic E-state index is 0.0506. The highest BCUT2D eigenvalue weighted by molar-refractivity contribution is 6.38. The summed E-state index contributed by atoms with van der Waals surface area (Å²) in [6, 6.07) is 19.6. The average molecular weight is 670 g/mol. The second-order valence-electron chi connectivity index (χ2n) is 10.5. The first-order valence-electron chi connectivity index (χ1n) is 14.4. The molecule has 0 atom stereocenters. The molecule has 1 N–H and O–H groups in total. The molecule has 0 aliphatic rings. The number of ether oxygens (including phenoxy) is 1. The summed E-state index contributed by atoms with van der Waals surface area (Å²) >= 11 is 13.2. The van der Waals surface area contributed by atoms with Gasteiger partial charge in [0.2, 0.25) is 11.8 Å². The Morgan fingerprint density at radius 3 is 2.51 bits per heavy atom. The van der Waals surface area contributed by atoms with Gasteiger partial charge in [0.1, 0.15) is 23.6 Å². The number of nitrogens with one attached hydrogen (secondary N) is 1. The number of halogens is 2. The van der Waals surface area contributed by atoms with Crippen molar-refractivity contribution in [2.24, 2.45) is 0 Å². The molecule has 0 radical (unpaired) electrons. The Kier molecular flexibility index (Phi) is 10.4. The highest BCUT2D eigenvalue weighted by Gasteiger charge is 2.20. The molecule has 0 unspecified atom stereocenters. The fraction of sp³-hybridized carbons (Fsp3) is 0.143. The van der Waals surface area contributed by atoms with E-state index in [0.717, 1.165) is 16.6 Å². The lowest BCUT2D eigenvalue weighted by atomic mass is 10.1. The number of carbonyl (C=O) groups is 3. The summed E-state index contributed by atoms with van der Waals surface area (Å²) in [6.07, 6.45) is 7.50. The predicted molar refractivity (Wildman–Crippen MR) is 184 cm³/mol. The van der Waals surface area contributed by atoms with Crippen molar-refractivity contribution in [2.45, 2.75) is 13.5 Å². The Bertz CT molecular complexity index is 1970. The Morgan fingerprint density at radius 1 is 0.936 bits per heavy atom. The van der Waals surface area contributed by atoms with Crippen LogP contribution in [0.25, 0.3) is 17.0 Å². The molecule has 2 aromatic carbocycles. The van der Waals surface area contributed by atoms with Gasteiger partial charge in [0.05, 0.1) is 29.1 Å².